The average molecular weight is 939 g/mol. The van der Waals surface area contributed by atoms with Gasteiger partial charge >= 0.3 is 0 Å². The summed E-state index contributed by atoms with van der Waals surface area (Å²) in [6, 6.07) is 0. The Morgan fingerprint density at radius 2 is 1.20 bits per heavy atom. The second-order valence-electron chi connectivity index (χ2n) is 21.8. The Bertz CT molecular complexity index is 1760. The topological polar surface area (TPSA) is 179 Å². The largest absolute Gasteiger partial charge is 0.388 e. The van der Waals surface area contributed by atoms with Crippen LogP contribution in [-0.4, -0.2) is 174 Å². The number of rotatable bonds is 12. The second-order valence-corrected chi connectivity index (χ2v) is 21.8. The predicted octanol–water partition coefficient (Wildman–Crippen LogP) is 4.50. The van der Waals surface area contributed by atoms with Gasteiger partial charge in [-0.3, -0.25) is 0 Å². The molecule has 2 saturated carbocycles. The molecular weight excluding hydrogens is 861 g/mol. The van der Waals surface area contributed by atoms with E-state index in [-0.39, 0.29) is 41.3 Å². The Morgan fingerprint density at radius 1 is 0.621 bits per heavy atom. The zero-order chi connectivity index (χ0) is 46.7. The maximum absolute atomic E-state index is 10.9. The van der Waals surface area contributed by atoms with E-state index in [1.807, 2.05) is 20.8 Å². The molecule has 2 N–H and O–H groups in total. The smallest absolute Gasteiger partial charge is 0.187 e. The summed E-state index contributed by atoms with van der Waals surface area (Å²) in [5, 5.41) is 21.3. The van der Waals surface area contributed by atoms with Gasteiger partial charge in [0.2, 0.25) is 0 Å². The van der Waals surface area contributed by atoms with E-state index in [1.165, 1.54) is 19.1 Å². The van der Waals surface area contributed by atoms with Crippen molar-refractivity contribution >= 4 is 0 Å². The quantitative estimate of drug-likeness (QED) is 0.261. The molecule has 0 aromatic rings. The third-order valence-corrected chi connectivity index (χ3v) is 18.3. The van der Waals surface area contributed by atoms with Gasteiger partial charge in [-0.25, -0.2) is 0 Å². The highest BCUT2D eigenvalue weighted by Crippen LogP contribution is 2.76. The lowest BCUT2D eigenvalue weighted by atomic mass is 9.48. The molecule has 17 nitrogen and oxygen atoms in total. The Balaban J connectivity index is 0.720. The van der Waals surface area contributed by atoms with Crippen molar-refractivity contribution in [3.05, 3.63) is 11.6 Å². The summed E-state index contributed by atoms with van der Waals surface area (Å²) in [6.07, 6.45) is -0.0918. The highest BCUT2D eigenvalue weighted by molar-refractivity contribution is 5.30. The number of ether oxygens (including phenoxy) is 15. The molecule has 3 aliphatic carbocycles. The number of aliphatic hydroxyl groups is 2. The van der Waals surface area contributed by atoms with E-state index in [0.717, 1.165) is 32.1 Å². The molecule has 0 aromatic heterocycles. The van der Waals surface area contributed by atoms with Crippen LogP contribution in [0.15, 0.2) is 11.6 Å². The Hall–Kier alpha value is -0.940. The first-order valence-corrected chi connectivity index (χ1v) is 24.9. The number of aliphatic hydroxyl groups excluding tert-OH is 2. The zero-order valence-corrected chi connectivity index (χ0v) is 40.9. The lowest BCUT2D eigenvalue weighted by molar-refractivity contribution is -0.359. The summed E-state index contributed by atoms with van der Waals surface area (Å²) in [7, 11) is 6.41. The van der Waals surface area contributed by atoms with Gasteiger partial charge in [0.15, 0.2) is 36.7 Å². The fourth-order valence-corrected chi connectivity index (χ4v) is 14.9. The maximum Gasteiger partial charge on any atom is 0.187 e. The van der Waals surface area contributed by atoms with Crippen molar-refractivity contribution in [1.82, 2.24) is 0 Å². The van der Waals surface area contributed by atoms with Gasteiger partial charge in [-0.15, -0.1) is 0 Å². The standard InChI is InChI=1S/C49H78O17/c1-23-38(50)43(55-11)39(51)45(60-23)64-42-26(4)59-37(21-33(42)54-10)63-41-25(3)58-36(20-32(41)53-9)62-40-24(2)57-35(19-31(40)52-8)61-28-14-16-46(5)27(18-28)12-13-30-29(46)15-17-47(6)44-34-22-56-48(44,7)66-49(30,47)65-34/h12,23-26,28-45,50-51H,13-22H2,1-11H3/t23-,24-,25-,26-,28+,29+,30-,31-,32+,33-,34-,35+,36+,37+,38-,39-,40-,41-,42-,43+,44+,45+,46+,47-,48+,49+/m1/s1. The molecule has 7 heterocycles. The molecule has 376 valence electrons. The minimum atomic E-state index is -1.21. The molecule has 7 saturated heterocycles. The normalized spacial score (nSPS) is 56.7. The van der Waals surface area contributed by atoms with Crippen LogP contribution in [0.5, 0.6) is 0 Å². The Morgan fingerprint density at radius 3 is 1.76 bits per heavy atom. The molecule has 0 unspecified atom stereocenters. The van der Waals surface area contributed by atoms with E-state index in [2.05, 4.69) is 26.8 Å². The fraction of sp³-hybridized carbons (Fsp3) is 0.959. The molecule has 0 aromatic carbocycles. The van der Waals surface area contributed by atoms with Gasteiger partial charge < -0.3 is 81.3 Å². The van der Waals surface area contributed by atoms with Crippen LogP contribution in [0.2, 0.25) is 0 Å². The summed E-state index contributed by atoms with van der Waals surface area (Å²) in [5.41, 5.74) is 1.56. The van der Waals surface area contributed by atoms with Crippen LogP contribution >= 0.6 is 0 Å². The Labute approximate surface area is 390 Å². The van der Waals surface area contributed by atoms with Crippen LogP contribution < -0.4 is 0 Å². The molecule has 9 fully saturated rings. The van der Waals surface area contributed by atoms with E-state index in [9.17, 15) is 10.2 Å². The van der Waals surface area contributed by atoms with Crippen molar-refractivity contribution in [2.24, 2.45) is 28.6 Å². The molecule has 0 radical (unpaired) electrons. The molecule has 66 heavy (non-hydrogen) atoms. The first-order valence-electron chi connectivity index (χ1n) is 24.9. The molecule has 26 atom stereocenters. The lowest BCUT2D eigenvalue weighted by Gasteiger charge is -2.59. The zero-order valence-electron chi connectivity index (χ0n) is 40.9. The molecule has 10 rings (SSSR count). The van der Waals surface area contributed by atoms with Crippen LogP contribution in [0.25, 0.3) is 0 Å². The third-order valence-electron chi connectivity index (χ3n) is 18.3. The van der Waals surface area contributed by atoms with Gasteiger partial charge in [-0.2, -0.15) is 0 Å². The average Bonchev–Trinajstić information content (AvgIpc) is 3.77. The number of allylic oxidation sites excluding steroid dienone is 1. The lowest BCUT2D eigenvalue weighted by Crippen LogP contribution is -2.61. The molecule has 2 bridgehead atoms. The van der Waals surface area contributed by atoms with E-state index in [0.29, 0.717) is 43.6 Å². The minimum Gasteiger partial charge on any atom is -0.388 e. The van der Waals surface area contributed by atoms with Crippen molar-refractivity contribution in [3.8, 4) is 0 Å². The predicted molar refractivity (Wildman–Crippen MR) is 231 cm³/mol. The highest BCUT2D eigenvalue weighted by atomic mass is 16.8. The van der Waals surface area contributed by atoms with Gasteiger partial charge in [0, 0.05) is 59.0 Å². The number of methoxy groups -OCH3 is 4. The second kappa shape index (κ2) is 18.3. The first kappa shape index (κ1) is 48.7. The van der Waals surface area contributed by atoms with Gasteiger partial charge in [0.05, 0.1) is 67.5 Å². The van der Waals surface area contributed by atoms with Gasteiger partial charge in [-0.1, -0.05) is 25.5 Å². The fourth-order valence-electron chi connectivity index (χ4n) is 14.9. The summed E-state index contributed by atoms with van der Waals surface area (Å²) in [5.74, 6) is -0.0208. The van der Waals surface area contributed by atoms with E-state index < -0.39 is 97.8 Å². The van der Waals surface area contributed by atoms with E-state index in [1.54, 1.807) is 28.3 Å². The van der Waals surface area contributed by atoms with Gasteiger partial charge in [-0.05, 0) is 84.5 Å². The van der Waals surface area contributed by atoms with Crippen molar-refractivity contribution in [2.75, 3.05) is 35.0 Å². The third kappa shape index (κ3) is 7.84. The van der Waals surface area contributed by atoms with Gasteiger partial charge in [0.1, 0.15) is 36.6 Å². The van der Waals surface area contributed by atoms with E-state index >= 15 is 0 Å². The number of fused-ring (bicyclic) bond motifs is 3. The molecular formula is C49H78O17. The van der Waals surface area contributed by atoms with Gasteiger partial charge in [0.25, 0.3) is 0 Å². The van der Waals surface area contributed by atoms with Crippen LogP contribution in [0.4, 0.5) is 0 Å². The monoisotopic (exact) mass is 939 g/mol. The molecule has 17 heteroatoms. The minimum absolute atomic E-state index is 0.0225. The summed E-state index contributed by atoms with van der Waals surface area (Å²) in [6.45, 7) is 15.2. The summed E-state index contributed by atoms with van der Waals surface area (Å²) >= 11 is 0. The SMILES string of the molecule is CO[C@@H]1[C@@H](O)[C@H](O[C@@H]2[C@@H](C)O[C@@H](O[C@H]3[C@@H](OC)C[C@H](O[C@@H]4[C@@H](C)O[C@@H](O[C@H]5CC[C@@]6(C)C(=CC[C@@H]7[C@@H]6CC[C@]6(C)[C@@H]8[C@H]9CO[C@@]8(C)O[C@@]76O9)C5)C[C@H]4OC)O[C@@H]3C)C[C@H]2OC)O[C@H](C)[C@H]1O. The molecule has 10 aliphatic rings. The van der Waals surface area contributed by atoms with Crippen molar-refractivity contribution in [1.29, 1.82) is 0 Å². The molecule has 7 aliphatic heterocycles. The van der Waals surface area contributed by atoms with Crippen molar-refractivity contribution < 1.29 is 81.3 Å². The number of hydrogen-bond donors (Lipinski definition) is 2. The molecule has 0 amide bonds. The van der Waals surface area contributed by atoms with Crippen molar-refractivity contribution in [3.63, 3.8) is 0 Å². The van der Waals surface area contributed by atoms with Crippen LogP contribution in [0, 0.1) is 28.6 Å². The highest BCUT2D eigenvalue weighted by Gasteiger charge is 2.83. The van der Waals surface area contributed by atoms with Crippen molar-refractivity contribution in [2.45, 2.75) is 235 Å². The summed E-state index contributed by atoms with van der Waals surface area (Å²) in [4.78, 5) is 0. The molecule has 0 spiro atoms. The summed E-state index contributed by atoms with van der Waals surface area (Å²) < 4.78 is 95.1. The van der Waals surface area contributed by atoms with E-state index in [4.69, 9.17) is 71.1 Å². The van der Waals surface area contributed by atoms with Crippen LogP contribution in [0.1, 0.15) is 106 Å². The van der Waals surface area contributed by atoms with Crippen LogP contribution in [0.3, 0.4) is 0 Å². The maximum atomic E-state index is 10.9. The first-order chi connectivity index (χ1) is 31.5. The Kier molecular flexibility index (Phi) is 13.5. The number of hydrogen-bond acceptors (Lipinski definition) is 17. The van der Waals surface area contributed by atoms with Crippen LogP contribution in [-0.2, 0) is 71.1 Å².